The van der Waals surface area contributed by atoms with Crippen LogP contribution in [0.15, 0.2) is 53.3 Å². The molecule has 0 bridgehead atoms. The summed E-state index contributed by atoms with van der Waals surface area (Å²) in [6.45, 7) is 3.18. The number of urea groups is 1. The van der Waals surface area contributed by atoms with E-state index in [1.165, 1.54) is 35.9 Å². The van der Waals surface area contributed by atoms with Gasteiger partial charge in [0.15, 0.2) is 5.69 Å². The number of amides is 2. The summed E-state index contributed by atoms with van der Waals surface area (Å²) in [6.07, 6.45) is -5.38. The van der Waals surface area contributed by atoms with Gasteiger partial charge in [0, 0.05) is 18.8 Å². The number of halogens is 4. The van der Waals surface area contributed by atoms with Gasteiger partial charge in [-0.25, -0.2) is 9.18 Å². The summed E-state index contributed by atoms with van der Waals surface area (Å²) in [7, 11) is 1.44. The Morgan fingerprint density at radius 1 is 1.10 bits per heavy atom. The third-order valence-electron chi connectivity index (χ3n) is 5.59. The number of anilines is 1. The lowest BCUT2D eigenvalue weighted by atomic mass is 9.97. The number of hydrogen-bond donors (Lipinski definition) is 3. The number of rotatable bonds is 8. The maximum Gasteiger partial charge on any atom is 0.573 e. The lowest BCUT2D eigenvalue weighted by molar-refractivity contribution is -0.274. The number of alkyl halides is 3. The summed E-state index contributed by atoms with van der Waals surface area (Å²) < 4.78 is 62.7. The zero-order valence-corrected chi connectivity index (χ0v) is 21.1. The second kappa shape index (κ2) is 11.9. The number of pyridine rings is 1. The normalized spacial score (nSPS) is 12.0. The summed E-state index contributed by atoms with van der Waals surface area (Å²) >= 11 is 0. The van der Waals surface area contributed by atoms with Crippen molar-refractivity contribution in [1.29, 1.82) is 0 Å². The number of benzene rings is 2. The number of nitrogens with one attached hydrogen (secondary N) is 2. The van der Waals surface area contributed by atoms with Crippen LogP contribution in [0.5, 0.6) is 11.5 Å². The van der Waals surface area contributed by atoms with Gasteiger partial charge in [0.05, 0.1) is 19.1 Å². The third kappa shape index (κ3) is 7.72. The molecule has 0 saturated heterocycles. The zero-order chi connectivity index (χ0) is 28.9. The van der Waals surface area contributed by atoms with Crippen LogP contribution in [0, 0.1) is 12.7 Å². The minimum atomic E-state index is -4.93. The molecule has 2 aromatic carbocycles. The highest BCUT2D eigenvalue weighted by Crippen LogP contribution is 2.31. The number of carbonyl (C=O) groups excluding carboxylic acids is 2. The average Bonchev–Trinajstić information content (AvgIpc) is 2.84. The van der Waals surface area contributed by atoms with E-state index in [1.54, 1.807) is 13.8 Å². The highest BCUT2D eigenvalue weighted by atomic mass is 19.4. The highest BCUT2D eigenvalue weighted by molar-refractivity contribution is 5.91. The first-order valence-corrected chi connectivity index (χ1v) is 11.6. The first-order valence-electron chi connectivity index (χ1n) is 11.6. The minimum Gasteiger partial charge on any atom is -0.505 e. The molecule has 0 spiro atoms. The molecule has 3 rings (SSSR count). The van der Waals surface area contributed by atoms with Crippen molar-refractivity contribution in [3.8, 4) is 22.6 Å². The van der Waals surface area contributed by atoms with Gasteiger partial charge in [-0.15, -0.1) is 13.2 Å². The minimum absolute atomic E-state index is 0.0332. The van der Waals surface area contributed by atoms with Crippen molar-refractivity contribution in [1.82, 2.24) is 9.88 Å². The molecule has 0 aliphatic rings. The van der Waals surface area contributed by atoms with Gasteiger partial charge in [0.2, 0.25) is 0 Å². The first kappa shape index (κ1) is 29.0. The fourth-order valence-electron chi connectivity index (χ4n) is 3.72. The van der Waals surface area contributed by atoms with E-state index in [0.29, 0.717) is 5.69 Å². The zero-order valence-electron chi connectivity index (χ0n) is 21.1. The Kier molecular flexibility index (Phi) is 8.84. The molecule has 1 atom stereocenters. The Bertz CT molecular complexity index is 1440. The molecule has 3 aromatic rings. The third-order valence-corrected chi connectivity index (χ3v) is 5.59. The van der Waals surface area contributed by atoms with Gasteiger partial charge in [-0.2, -0.15) is 0 Å². The molecule has 0 aliphatic carbocycles. The molecule has 0 radical (unpaired) electrons. The molecule has 13 heteroatoms. The summed E-state index contributed by atoms with van der Waals surface area (Å²) in [6, 6.07) is 7.41. The van der Waals surface area contributed by atoms with E-state index in [9.17, 15) is 37.1 Å². The summed E-state index contributed by atoms with van der Waals surface area (Å²) in [5, 5.41) is 14.8. The van der Waals surface area contributed by atoms with Gasteiger partial charge in [0.1, 0.15) is 17.3 Å². The monoisotopic (exact) mass is 551 g/mol. The smallest absolute Gasteiger partial charge is 0.505 e. The van der Waals surface area contributed by atoms with Gasteiger partial charge in [0.25, 0.3) is 5.56 Å². The molecular formula is C26H25F4N3O6. The van der Waals surface area contributed by atoms with E-state index in [2.05, 4.69) is 15.4 Å². The predicted molar refractivity (Wildman–Crippen MR) is 133 cm³/mol. The largest absolute Gasteiger partial charge is 0.573 e. The number of ether oxygens (including phenoxy) is 2. The fourth-order valence-corrected chi connectivity index (χ4v) is 3.72. The van der Waals surface area contributed by atoms with Crippen LogP contribution >= 0.6 is 0 Å². The second-order valence-electron chi connectivity index (χ2n) is 8.42. The van der Waals surface area contributed by atoms with Gasteiger partial charge in [-0.1, -0.05) is 12.1 Å². The Hall–Kier alpha value is -4.55. The quantitative estimate of drug-likeness (QED) is 0.270. The molecular weight excluding hydrogens is 526 g/mol. The highest BCUT2D eigenvalue weighted by Gasteiger charge is 2.31. The van der Waals surface area contributed by atoms with E-state index in [-0.39, 0.29) is 23.3 Å². The van der Waals surface area contributed by atoms with Crippen molar-refractivity contribution in [3.05, 3.63) is 76.0 Å². The van der Waals surface area contributed by atoms with E-state index in [4.69, 9.17) is 4.74 Å². The summed E-state index contributed by atoms with van der Waals surface area (Å²) in [4.78, 5) is 37.6. The van der Waals surface area contributed by atoms with E-state index < -0.39 is 59.4 Å². The van der Waals surface area contributed by atoms with Crippen LogP contribution in [-0.2, 0) is 16.6 Å². The Morgan fingerprint density at radius 3 is 2.49 bits per heavy atom. The first-order chi connectivity index (χ1) is 18.3. The molecule has 3 N–H and O–H groups in total. The van der Waals surface area contributed by atoms with Crippen molar-refractivity contribution < 1.29 is 41.7 Å². The molecule has 0 saturated carbocycles. The second-order valence-corrected chi connectivity index (χ2v) is 8.42. The number of carbonyl (C=O) groups is 2. The fraction of sp³-hybridized carbons (Fsp3) is 0.269. The van der Waals surface area contributed by atoms with Crippen molar-refractivity contribution in [2.24, 2.45) is 7.05 Å². The number of aryl methyl sites for hydroxylation is 1. The number of esters is 1. The molecule has 1 unspecified atom stereocenters. The lowest BCUT2D eigenvalue weighted by Gasteiger charge is -2.20. The average molecular weight is 551 g/mol. The topological polar surface area (TPSA) is 119 Å². The molecule has 2 amide bonds. The van der Waals surface area contributed by atoms with Crippen LogP contribution in [-0.4, -0.2) is 34.6 Å². The van der Waals surface area contributed by atoms with Gasteiger partial charge in [-0.3, -0.25) is 9.59 Å². The van der Waals surface area contributed by atoms with Crippen LogP contribution in [0.1, 0.15) is 30.6 Å². The summed E-state index contributed by atoms with van der Waals surface area (Å²) in [5.74, 6) is -2.54. The number of aromatic hydroxyl groups is 1. The van der Waals surface area contributed by atoms with Crippen LogP contribution < -0.4 is 20.9 Å². The molecule has 208 valence electrons. The molecule has 0 fully saturated rings. The molecule has 0 aliphatic heterocycles. The van der Waals surface area contributed by atoms with Crippen LogP contribution in [0.25, 0.3) is 11.1 Å². The predicted octanol–water partition coefficient (Wildman–Crippen LogP) is 4.92. The summed E-state index contributed by atoms with van der Waals surface area (Å²) in [5.41, 5.74) is -0.295. The molecule has 39 heavy (non-hydrogen) atoms. The molecule has 1 heterocycles. The van der Waals surface area contributed by atoms with Crippen LogP contribution in [0.3, 0.4) is 0 Å². The van der Waals surface area contributed by atoms with Crippen molar-refractivity contribution in [2.75, 3.05) is 11.9 Å². The number of aromatic nitrogens is 1. The number of hydrogen-bond acceptors (Lipinski definition) is 6. The van der Waals surface area contributed by atoms with Gasteiger partial charge < -0.3 is 29.8 Å². The Balaban J connectivity index is 1.95. The van der Waals surface area contributed by atoms with E-state index in [0.717, 1.165) is 24.3 Å². The van der Waals surface area contributed by atoms with E-state index in [1.807, 2.05) is 0 Å². The standard InChI is InChI=1S/C26H25F4N3O6/c1-4-38-22(35)13-20(31-25(37)32-23-21(34)8-14(2)33(3)24(23)36)17-9-16(10-18(27)11-17)15-6-5-7-19(12-15)39-26(28,29)30/h5-12,20,34H,4,13H2,1-3H3,(H2,31,32,37). The maximum absolute atomic E-state index is 14.7. The lowest BCUT2D eigenvalue weighted by Crippen LogP contribution is -2.36. The van der Waals surface area contributed by atoms with Crippen molar-refractivity contribution >= 4 is 17.7 Å². The van der Waals surface area contributed by atoms with Crippen molar-refractivity contribution in [3.63, 3.8) is 0 Å². The van der Waals surface area contributed by atoms with Gasteiger partial charge >= 0.3 is 18.4 Å². The Morgan fingerprint density at radius 2 is 1.82 bits per heavy atom. The van der Waals surface area contributed by atoms with Crippen LogP contribution in [0.4, 0.5) is 28.0 Å². The molecule has 1 aromatic heterocycles. The Labute approximate surface area is 220 Å². The molecule has 9 nitrogen and oxygen atoms in total. The van der Waals surface area contributed by atoms with E-state index >= 15 is 0 Å². The SMILES string of the molecule is CCOC(=O)CC(NC(=O)Nc1c(O)cc(C)n(C)c1=O)c1cc(F)cc(-c2cccc(OC(F)(F)F)c2)c1. The van der Waals surface area contributed by atoms with Crippen LogP contribution in [0.2, 0.25) is 0 Å². The maximum atomic E-state index is 14.7. The number of nitrogens with zero attached hydrogens (tertiary/aromatic N) is 1. The van der Waals surface area contributed by atoms with Gasteiger partial charge in [-0.05, 0) is 60.9 Å². The van der Waals surface area contributed by atoms with Crippen molar-refractivity contribution in [2.45, 2.75) is 32.7 Å².